The fourth-order valence-corrected chi connectivity index (χ4v) is 1.61. The Hall–Kier alpha value is -1.88. The lowest BCUT2D eigenvalue weighted by Gasteiger charge is -2.09. The first-order valence-electron chi connectivity index (χ1n) is 5.23. The number of halogens is 3. The zero-order valence-electron chi connectivity index (χ0n) is 9.28. The van der Waals surface area contributed by atoms with Crippen molar-refractivity contribution in [1.29, 1.82) is 0 Å². The van der Waals surface area contributed by atoms with E-state index in [4.69, 9.17) is 5.11 Å². The molecule has 0 aliphatic heterocycles. The predicted molar refractivity (Wildman–Crippen MR) is 60.6 cm³/mol. The molecule has 1 aromatic heterocycles. The largest absolute Gasteiger partial charge is 0.416 e. The highest BCUT2D eigenvalue weighted by atomic mass is 19.4. The lowest BCUT2D eigenvalue weighted by molar-refractivity contribution is -0.137. The molecule has 0 amide bonds. The molecule has 0 fully saturated rings. The summed E-state index contributed by atoms with van der Waals surface area (Å²) >= 11 is 0. The molecule has 0 bridgehead atoms. The Morgan fingerprint density at radius 1 is 1.06 bits per heavy atom. The van der Waals surface area contributed by atoms with Crippen molar-refractivity contribution in [3.63, 3.8) is 0 Å². The van der Waals surface area contributed by atoms with E-state index >= 15 is 0 Å². The average molecular weight is 253 g/mol. The van der Waals surface area contributed by atoms with E-state index in [2.05, 4.69) is 4.98 Å². The fraction of sp³-hybridized carbons (Fsp3) is 0.154. The third kappa shape index (κ3) is 2.68. The summed E-state index contributed by atoms with van der Waals surface area (Å²) < 4.78 is 37.7. The fourth-order valence-electron chi connectivity index (χ4n) is 1.61. The molecule has 0 unspecified atom stereocenters. The summed E-state index contributed by atoms with van der Waals surface area (Å²) in [7, 11) is 0. The van der Waals surface area contributed by atoms with Crippen LogP contribution in [0.1, 0.15) is 11.1 Å². The van der Waals surface area contributed by atoms with Gasteiger partial charge in [0.05, 0.1) is 12.2 Å². The molecule has 0 aliphatic rings. The Bertz CT molecular complexity index is 552. The summed E-state index contributed by atoms with van der Waals surface area (Å²) in [5.41, 5.74) is 0.833. The Kier molecular flexibility index (Phi) is 3.34. The molecular formula is C13H10F3NO. The highest BCUT2D eigenvalue weighted by molar-refractivity contribution is 5.64. The van der Waals surface area contributed by atoms with Crippen LogP contribution >= 0.6 is 0 Å². The maximum absolute atomic E-state index is 12.6. The van der Waals surface area contributed by atoms with Crippen LogP contribution in [0.25, 0.3) is 11.1 Å². The number of benzene rings is 1. The smallest absolute Gasteiger partial charge is 0.392 e. The van der Waals surface area contributed by atoms with Gasteiger partial charge in [-0.2, -0.15) is 13.2 Å². The van der Waals surface area contributed by atoms with Gasteiger partial charge in [0.15, 0.2) is 0 Å². The number of aliphatic hydroxyl groups is 1. The van der Waals surface area contributed by atoms with E-state index in [0.29, 0.717) is 16.7 Å². The molecule has 0 atom stereocenters. The van der Waals surface area contributed by atoms with E-state index in [-0.39, 0.29) is 6.61 Å². The van der Waals surface area contributed by atoms with Crippen molar-refractivity contribution in [3.05, 3.63) is 53.9 Å². The summed E-state index contributed by atoms with van der Waals surface area (Å²) in [6.07, 6.45) is -1.43. The van der Waals surface area contributed by atoms with Crippen LogP contribution in [0.15, 0.2) is 42.7 Å². The van der Waals surface area contributed by atoms with Gasteiger partial charge in [-0.15, -0.1) is 0 Å². The van der Waals surface area contributed by atoms with Crippen LogP contribution in [0, 0.1) is 0 Å². The van der Waals surface area contributed by atoms with Crippen LogP contribution in [0.3, 0.4) is 0 Å². The highest BCUT2D eigenvalue weighted by Crippen LogP contribution is 2.32. The Labute approximate surface area is 102 Å². The highest BCUT2D eigenvalue weighted by Gasteiger charge is 2.30. The van der Waals surface area contributed by atoms with Crippen LogP contribution in [0.4, 0.5) is 13.2 Å². The van der Waals surface area contributed by atoms with Crippen molar-refractivity contribution in [2.75, 3.05) is 0 Å². The minimum atomic E-state index is -4.36. The van der Waals surface area contributed by atoms with Gasteiger partial charge in [0, 0.05) is 18.0 Å². The second kappa shape index (κ2) is 4.78. The standard InChI is InChI=1S/C13H10F3NO/c14-13(15,16)12-3-1-2-10(5-12)11-4-9(8-18)6-17-7-11/h1-7,18H,8H2. The van der Waals surface area contributed by atoms with Crippen LogP contribution in [-0.2, 0) is 12.8 Å². The van der Waals surface area contributed by atoms with Gasteiger partial charge in [-0.1, -0.05) is 12.1 Å². The van der Waals surface area contributed by atoms with Gasteiger partial charge in [-0.3, -0.25) is 4.98 Å². The number of hydrogen-bond acceptors (Lipinski definition) is 2. The maximum Gasteiger partial charge on any atom is 0.416 e. The van der Waals surface area contributed by atoms with Crippen molar-refractivity contribution in [3.8, 4) is 11.1 Å². The first-order valence-corrected chi connectivity index (χ1v) is 5.23. The number of nitrogens with zero attached hydrogens (tertiary/aromatic N) is 1. The Balaban J connectivity index is 2.44. The molecule has 1 N–H and O–H groups in total. The Morgan fingerprint density at radius 2 is 1.83 bits per heavy atom. The minimum Gasteiger partial charge on any atom is -0.392 e. The lowest BCUT2D eigenvalue weighted by Crippen LogP contribution is -2.04. The van der Waals surface area contributed by atoms with Crippen molar-refractivity contribution in [1.82, 2.24) is 4.98 Å². The third-order valence-electron chi connectivity index (χ3n) is 2.50. The zero-order valence-corrected chi connectivity index (χ0v) is 9.28. The van der Waals surface area contributed by atoms with Crippen molar-refractivity contribution in [2.45, 2.75) is 12.8 Å². The van der Waals surface area contributed by atoms with Crippen LogP contribution < -0.4 is 0 Å². The van der Waals surface area contributed by atoms with E-state index < -0.39 is 11.7 Å². The molecule has 18 heavy (non-hydrogen) atoms. The van der Waals surface area contributed by atoms with E-state index in [9.17, 15) is 13.2 Å². The van der Waals surface area contributed by atoms with E-state index in [1.807, 2.05) is 0 Å². The number of rotatable bonds is 2. The summed E-state index contributed by atoms with van der Waals surface area (Å²) in [4.78, 5) is 3.88. The van der Waals surface area contributed by atoms with Gasteiger partial charge in [0.25, 0.3) is 0 Å². The first-order chi connectivity index (χ1) is 8.50. The third-order valence-corrected chi connectivity index (χ3v) is 2.50. The topological polar surface area (TPSA) is 33.1 Å². The molecule has 5 heteroatoms. The molecule has 2 rings (SSSR count). The number of pyridine rings is 1. The number of hydrogen-bond donors (Lipinski definition) is 1. The number of aliphatic hydroxyl groups excluding tert-OH is 1. The molecule has 1 heterocycles. The summed E-state index contributed by atoms with van der Waals surface area (Å²) in [5, 5.41) is 8.97. The molecule has 2 nitrogen and oxygen atoms in total. The second-order valence-corrected chi connectivity index (χ2v) is 3.82. The van der Waals surface area contributed by atoms with Crippen LogP contribution in [0.2, 0.25) is 0 Å². The lowest BCUT2D eigenvalue weighted by atomic mass is 10.0. The van der Waals surface area contributed by atoms with Gasteiger partial charge in [-0.25, -0.2) is 0 Å². The van der Waals surface area contributed by atoms with Crippen molar-refractivity contribution >= 4 is 0 Å². The molecular weight excluding hydrogens is 243 g/mol. The minimum absolute atomic E-state index is 0.195. The average Bonchev–Trinajstić information content (AvgIpc) is 2.38. The van der Waals surface area contributed by atoms with E-state index in [1.165, 1.54) is 18.5 Å². The predicted octanol–water partition coefficient (Wildman–Crippen LogP) is 3.26. The Morgan fingerprint density at radius 3 is 2.50 bits per heavy atom. The zero-order chi connectivity index (χ0) is 13.2. The summed E-state index contributed by atoms with van der Waals surface area (Å²) in [5.74, 6) is 0. The van der Waals surface area contributed by atoms with Gasteiger partial charge < -0.3 is 5.11 Å². The monoisotopic (exact) mass is 253 g/mol. The quantitative estimate of drug-likeness (QED) is 0.891. The summed E-state index contributed by atoms with van der Waals surface area (Å²) in [6, 6.07) is 6.63. The molecule has 94 valence electrons. The van der Waals surface area contributed by atoms with Gasteiger partial charge in [0.2, 0.25) is 0 Å². The first kappa shape index (κ1) is 12.6. The summed E-state index contributed by atoms with van der Waals surface area (Å²) in [6.45, 7) is -0.195. The molecule has 2 aromatic rings. The molecule has 0 spiro atoms. The number of alkyl halides is 3. The SMILES string of the molecule is OCc1cncc(-c2cccc(C(F)(F)F)c2)c1. The van der Waals surface area contributed by atoms with Gasteiger partial charge >= 0.3 is 6.18 Å². The normalized spacial score (nSPS) is 11.6. The second-order valence-electron chi connectivity index (χ2n) is 3.82. The molecule has 0 radical (unpaired) electrons. The molecule has 1 aromatic carbocycles. The van der Waals surface area contributed by atoms with Crippen LogP contribution in [0.5, 0.6) is 0 Å². The molecule has 0 aliphatic carbocycles. The van der Waals surface area contributed by atoms with E-state index in [0.717, 1.165) is 12.1 Å². The van der Waals surface area contributed by atoms with Gasteiger partial charge in [0.1, 0.15) is 0 Å². The van der Waals surface area contributed by atoms with Crippen molar-refractivity contribution in [2.24, 2.45) is 0 Å². The maximum atomic E-state index is 12.6. The van der Waals surface area contributed by atoms with Gasteiger partial charge in [-0.05, 0) is 29.3 Å². The number of aromatic nitrogens is 1. The molecule has 0 saturated heterocycles. The van der Waals surface area contributed by atoms with Crippen molar-refractivity contribution < 1.29 is 18.3 Å². The molecule has 0 saturated carbocycles. The van der Waals surface area contributed by atoms with E-state index in [1.54, 1.807) is 12.1 Å². The van der Waals surface area contributed by atoms with Crippen LogP contribution in [-0.4, -0.2) is 10.1 Å².